The molecule has 1 amide bonds. The van der Waals surface area contributed by atoms with Crippen LogP contribution in [0.3, 0.4) is 0 Å². The molecule has 0 radical (unpaired) electrons. The highest BCUT2D eigenvalue weighted by molar-refractivity contribution is 7.91. The van der Waals surface area contributed by atoms with Crippen molar-refractivity contribution in [2.24, 2.45) is 0 Å². The Labute approximate surface area is 111 Å². The first-order valence-corrected chi connectivity index (χ1v) is 8.18. The SMILES string of the molecule is CN(C(=O)c1n[nH]c(C2CC2)n1)C1CCS(=O)(=O)C1. The molecule has 1 aromatic heterocycles. The summed E-state index contributed by atoms with van der Waals surface area (Å²) in [6.07, 6.45) is 2.66. The lowest BCUT2D eigenvalue weighted by molar-refractivity contribution is 0.0735. The van der Waals surface area contributed by atoms with E-state index in [0.29, 0.717) is 12.3 Å². The second kappa shape index (κ2) is 4.29. The summed E-state index contributed by atoms with van der Waals surface area (Å²) in [7, 11) is -1.38. The highest BCUT2D eigenvalue weighted by Gasteiger charge is 2.35. The molecule has 1 saturated carbocycles. The third-order valence-corrected chi connectivity index (χ3v) is 5.48. The minimum atomic E-state index is -3.00. The molecule has 2 heterocycles. The number of carbonyl (C=O) groups is 1. The lowest BCUT2D eigenvalue weighted by atomic mass is 10.2. The predicted octanol–water partition coefficient (Wildman–Crippen LogP) is -0.0588. The summed E-state index contributed by atoms with van der Waals surface area (Å²) in [6.45, 7) is 0. The van der Waals surface area contributed by atoms with Crippen LogP contribution in [0.4, 0.5) is 0 Å². The molecule has 0 spiro atoms. The third kappa shape index (κ3) is 2.49. The van der Waals surface area contributed by atoms with Crippen LogP contribution >= 0.6 is 0 Å². The number of rotatable bonds is 3. The van der Waals surface area contributed by atoms with Crippen LogP contribution in [0.5, 0.6) is 0 Å². The fourth-order valence-corrected chi connectivity index (χ4v) is 4.09. The quantitative estimate of drug-likeness (QED) is 0.839. The van der Waals surface area contributed by atoms with E-state index in [1.165, 1.54) is 4.90 Å². The van der Waals surface area contributed by atoms with Crippen molar-refractivity contribution in [3.63, 3.8) is 0 Å². The highest BCUT2D eigenvalue weighted by atomic mass is 32.2. The largest absolute Gasteiger partial charge is 0.335 e. The molecule has 0 bridgehead atoms. The number of aromatic nitrogens is 3. The van der Waals surface area contributed by atoms with Gasteiger partial charge in [-0.3, -0.25) is 9.89 Å². The molecule has 0 aromatic carbocycles. The zero-order valence-corrected chi connectivity index (χ0v) is 11.5. The van der Waals surface area contributed by atoms with E-state index in [2.05, 4.69) is 15.2 Å². The van der Waals surface area contributed by atoms with Gasteiger partial charge in [0.15, 0.2) is 9.84 Å². The standard InChI is InChI=1S/C11H16N4O3S/c1-15(8-4-5-19(17,18)6-8)11(16)10-12-9(13-14-10)7-2-3-7/h7-8H,2-6H2,1H3,(H,12,13,14). The monoisotopic (exact) mass is 284 g/mol. The van der Waals surface area contributed by atoms with Gasteiger partial charge in [-0.1, -0.05) is 0 Å². The molecule has 2 aliphatic rings. The van der Waals surface area contributed by atoms with E-state index >= 15 is 0 Å². The lowest BCUT2D eigenvalue weighted by Gasteiger charge is -2.21. The maximum absolute atomic E-state index is 12.2. The number of amides is 1. The first kappa shape index (κ1) is 12.6. The van der Waals surface area contributed by atoms with E-state index in [-0.39, 0.29) is 29.3 Å². The molecule has 1 aliphatic heterocycles. The number of nitrogens with zero attached hydrogens (tertiary/aromatic N) is 3. The highest BCUT2D eigenvalue weighted by Crippen LogP contribution is 2.37. The molecular weight excluding hydrogens is 268 g/mol. The van der Waals surface area contributed by atoms with Crippen molar-refractivity contribution in [1.29, 1.82) is 0 Å². The van der Waals surface area contributed by atoms with Crippen LogP contribution in [0.25, 0.3) is 0 Å². The molecule has 1 atom stereocenters. The summed E-state index contributed by atoms with van der Waals surface area (Å²) in [5.41, 5.74) is 0. The van der Waals surface area contributed by atoms with Crippen LogP contribution in [0.2, 0.25) is 0 Å². The molecule has 1 aliphatic carbocycles. The van der Waals surface area contributed by atoms with E-state index in [1.54, 1.807) is 7.05 Å². The normalized spacial score (nSPS) is 25.4. The number of nitrogens with one attached hydrogen (secondary N) is 1. The Bertz CT molecular complexity index is 605. The van der Waals surface area contributed by atoms with Crippen LogP contribution in [0.1, 0.15) is 41.6 Å². The zero-order chi connectivity index (χ0) is 13.6. The average Bonchev–Trinajstić information content (AvgIpc) is 2.98. The van der Waals surface area contributed by atoms with Gasteiger partial charge in [0.05, 0.1) is 11.5 Å². The van der Waals surface area contributed by atoms with E-state index in [1.807, 2.05) is 0 Å². The van der Waals surface area contributed by atoms with Crippen molar-refractivity contribution in [1.82, 2.24) is 20.1 Å². The summed E-state index contributed by atoms with van der Waals surface area (Å²) in [4.78, 5) is 17.8. The Morgan fingerprint density at radius 1 is 1.37 bits per heavy atom. The molecule has 1 aromatic rings. The fraction of sp³-hybridized carbons (Fsp3) is 0.727. The Kier molecular flexibility index (Phi) is 2.84. The molecule has 19 heavy (non-hydrogen) atoms. The van der Waals surface area contributed by atoms with Crippen LogP contribution in [-0.4, -0.2) is 59.0 Å². The Morgan fingerprint density at radius 2 is 2.11 bits per heavy atom. The topological polar surface area (TPSA) is 96.0 Å². The molecule has 2 fully saturated rings. The van der Waals surface area contributed by atoms with Crippen molar-refractivity contribution in [3.8, 4) is 0 Å². The third-order valence-electron chi connectivity index (χ3n) is 3.73. The first-order valence-electron chi connectivity index (χ1n) is 6.36. The number of aromatic amines is 1. The van der Waals surface area contributed by atoms with Gasteiger partial charge in [0.2, 0.25) is 5.82 Å². The summed E-state index contributed by atoms with van der Waals surface area (Å²) in [5, 5.41) is 6.71. The lowest BCUT2D eigenvalue weighted by Crippen LogP contribution is -2.38. The molecule has 7 nitrogen and oxygen atoms in total. The molecule has 1 N–H and O–H groups in total. The predicted molar refractivity (Wildman–Crippen MR) is 67.5 cm³/mol. The Hall–Kier alpha value is -1.44. The molecule has 3 rings (SSSR count). The van der Waals surface area contributed by atoms with E-state index < -0.39 is 9.84 Å². The van der Waals surface area contributed by atoms with Gasteiger partial charge in [-0.25, -0.2) is 13.4 Å². The maximum atomic E-state index is 12.2. The number of hydrogen-bond acceptors (Lipinski definition) is 5. The van der Waals surface area contributed by atoms with Gasteiger partial charge >= 0.3 is 0 Å². The summed E-state index contributed by atoms with van der Waals surface area (Å²) >= 11 is 0. The Balaban J connectivity index is 1.72. The summed E-state index contributed by atoms with van der Waals surface area (Å²) < 4.78 is 22.9. The van der Waals surface area contributed by atoms with E-state index in [9.17, 15) is 13.2 Å². The van der Waals surface area contributed by atoms with Gasteiger partial charge in [0, 0.05) is 19.0 Å². The summed E-state index contributed by atoms with van der Waals surface area (Å²) in [5.74, 6) is 1.17. The maximum Gasteiger partial charge on any atom is 0.293 e. The molecule has 1 unspecified atom stereocenters. The fourth-order valence-electron chi connectivity index (χ4n) is 2.31. The molecular formula is C11H16N4O3S. The van der Waals surface area contributed by atoms with Crippen molar-refractivity contribution < 1.29 is 13.2 Å². The molecule has 1 saturated heterocycles. The van der Waals surface area contributed by atoms with Gasteiger partial charge in [-0.15, -0.1) is 5.10 Å². The second-order valence-corrected chi connectivity index (χ2v) is 7.52. The number of carbonyl (C=O) groups excluding carboxylic acids is 1. The number of hydrogen-bond donors (Lipinski definition) is 1. The van der Waals surface area contributed by atoms with Gasteiger partial charge < -0.3 is 4.90 Å². The van der Waals surface area contributed by atoms with E-state index in [4.69, 9.17) is 0 Å². The zero-order valence-electron chi connectivity index (χ0n) is 10.7. The molecule has 8 heteroatoms. The van der Waals surface area contributed by atoms with Crippen LogP contribution < -0.4 is 0 Å². The van der Waals surface area contributed by atoms with E-state index in [0.717, 1.165) is 18.7 Å². The number of H-pyrrole nitrogens is 1. The average molecular weight is 284 g/mol. The van der Waals surface area contributed by atoms with Crippen LogP contribution in [0, 0.1) is 0 Å². The van der Waals surface area contributed by atoms with Crippen LogP contribution in [-0.2, 0) is 9.84 Å². The first-order chi connectivity index (χ1) is 8.96. The van der Waals surface area contributed by atoms with Crippen LogP contribution in [0.15, 0.2) is 0 Å². The van der Waals surface area contributed by atoms with Gasteiger partial charge in [-0.2, -0.15) is 0 Å². The number of sulfone groups is 1. The Morgan fingerprint density at radius 3 is 2.68 bits per heavy atom. The van der Waals surface area contributed by atoms with Crippen molar-refractivity contribution in [3.05, 3.63) is 11.6 Å². The van der Waals surface area contributed by atoms with Crippen molar-refractivity contribution in [2.75, 3.05) is 18.6 Å². The van der Waals surface area contributed by atoms with Gasteiger partial charge in [-0.05, 0) is 19.3 Å². The second-order valence-electron chi connectivity index (χ2n) is 5.29. The summed E-state index contributed by atoms with van der Waals surface area (Å²) in [6, 6.07) is -0.264. The minimum Gasteiger partial charge on any atom is -0.335 e. The van der Waals surface area contributed by atoms with Gasteiger partial charge in [0.25, 0.3) is 5.91 Å². The minimum absolute atomic E-state index is 0.0369. The molecule has 104 valence electrons. The van der Waals surface area contributed by atoms with Crippen molar-refractivity contribution >= 4 is 15.7 Å². The van der Waals surface area contributed by atoms with Crippen molar-refractivity contribution in [2.45, 2.75) is 31.2 Å². The van der Waals surface area contributed by atoms with Gasteiger partial charge in [0.1, 0.15) is 5.82 Å². The smallest absolute Gasteiger partial charge is 0.293 e.